The van der Waals surface area contributed by atoms with Crippen LogP contribution >= 0.6 is 12.4 Å². The molecule has 0 spiro atoms. The molecule has 1 saturated heterocycles. The molecule has 1 fully saturated rings. The van der Waals surface area contributed by atoms with E-state index in [9.17, 15) is 4.79 Å². The van der Waals surface area contributed by atoms with Crippen molar-refractivity contribution in [1.82, 2.24) is 4.90 Å². The van der Waals surface area contributed by atoms with E-state index in [0.29, 0.717) is 18.7 Å². The molecule has 2 aromatic carbocycles. The Morgan fingerprint density at radius 3 is 2.50 bits per heavy atom. The number of para-hydroxylation sites is 1. The number of hydrogen-bond acceptors (Lipinski definition) is 3. The van der Waals surface area contributed by atoms with Crippen LogP contribution in [0.5, 0.6) is 5.75 Å². The van der Waals surface area contributed by atoms with Crippen molar-refractivity contribution in [2.24, 2.45) is 5.73 Å². The highest BCUT2D eigenvalue weighted by atomic mass is 35.5. The van der Waals surface area contributed by atoms with E-state index in [-0.39, 0.29) is 24.4 Å². The van der Waals surface area contributed by atoms with Gasteiger partial charge in [0.15, 0.2) is 0 Å². The van der Waals surface area contributed by atoms with Crippen molar-refractivity contribution in [3.63, 3.8) is 0 Å². The van der Waals surface area contributed by atoms with Crippen LogP contribution in [0.1, 0.15) is 28.8 Å². The maximum atomic E-state index is 12.7. The second-order valence-electron chi connectivity index (χ2n) is 5.82. The number of nitrogens with zero attached hydrogens (tertiary/aromatic N) is 1. The SMILES string of the molecule is Cl.NCc1ccc(C(=O)N2CCCC2COc2ccccc2)cc1. The molecule has 0 aromatic heterocycles. The lowest BCUT2D eigenvalue weighted by molar-refractivity contribution is 0.0691. The van der Waals surface area contributed by atoms with Gasteiger partial charge in [-0.15, -0.1) is 12.4 Å². The number of ether oxygens (including phenoxy) is 1. The van der Waals surface area contributed by atoms with Gasteiger partial charge in [-0.3, -0.25) is 4.79 Å². The number of carbonyl (C=O) groups is 1. The average molecular weight is 347 g/mol. The molecule has 5 heteroatoms. The van der Waals surface area contributed by atoms with Crippen LogP contribution in [0, 0.1) is 0 Å². The van der Waals surface area contributed by atoms with Crippen molar-refractivity contribution < 1.29 is 9.53 Å². The third-order valence-electron chi connectivity index (χ3n) is 4.26. The summed E-state index contributed by atoms with van der Waals surface area (Å²) in [6.45, 7) is 1.82. The molecule has 0 bridgehead atoms. The van der Waals surface area contributed by atoms with Gasteiger partial charge >= 0.3 is 0 Å². The third kappa shape index (κ3) is 4.28. The summed E-state index contributed by atoms with van der Waals surface area (Å²) in [7, 11) is 0. The highest BCUT2D eigenvalue weighted by molar-refractivity contribution is 5.94. The second kappa shape index (κ2) is 8.71. The molecule has 1 heterocycles. The monoisotopic (exact) mass is 346 g/mol. The predicted molar refractivity (Wildman–Crippen MR) is 97.6 cm³/mol. The molecule has 128 valence electrons. The summed E-state index contributed by atoms with van der Waals surface area (Å²) in [5.74, 6) is 0.923. The number of amides is 1. The van der Waals surface area contributed by atoms with Crippen LogP contribution in [0.2, 0.25) is 0 Å². The minimum absolute atomic E-state index is 0. The molecule has 0 aliphatic carbocycles. The highest BCUT2D eigenvalue weighted by Crippen LogP contribution is 2.21. The number of benzene rings is 2. The van der Waals surface area contributed by atoms with Crippen molar-refractivity contribution in [3.05, 3.63) is 65.7 Å². The number of rotatable bonds is 5. The number of likely N-dealkylation sites (tertiary alicyclic amines) is 1. The van der Waals surface area contributed by atoms with E-state index in [4.69, 9.17) is 10.5 Å². The Labute approximate surface area is 149 Å². The Morgan fingerprint density at radius 2 is 1.83 bits per heavy atom. The smallest absolute Gasteiger partial charge is 0.254 e. The lowest BCUT2D eigenvalue weighted by atomic mass is 10.1. The first-order valence-electron chi connectivity index (χ1n) is 8.06. The summed E-state index contributed by atoms with van der Waals surface area (Å²) in [6.07, 6.45) is 2.01. The van der Waals surface area contributed by atoms with Crippen LogP contribution in [0.15, 0.2) is 54.6 Å². The molecule has 1 aliphatic heterocycles. The van der Waals surface area contributed by atoms with Gasteiger partial charge in [-0.2, -0.15) is 0 Å². The summed E-state index contributed by atoms with van der Waals surface area (Å²) < 4.78 is 5.83. The lowest BCUT2D eigenvalue weighted by Crippen LogP contribution is -2.39. The van der Waals surface area contributed by atoms with Gasteiger partial charge in [0.25, 0.3) is 5.91 Å². The fraction of sp³-hybridized carbons (Fsp3) is 0.316. The maximum absolute atomic E-state index is 12.7. The molecule has 24 heavy (non-hydrogen) atoms. The number of halogens is 1. The fourth-order valence-corrected chi connectivity index (χ4v) is 2.93. The van der Waals surface area contributed by atoms with Crippen molar-refractivity contribution in [2.45, 2.75) is 25.4 Å². The first kappa shape index (κ1) is 18.3. The van der Waals surface area contributed by atoms with Gasteiger partial charge in [0.1, 0.15) is 12.4 Å². The number of carbonyl (C=O) groups excluding carboxylic acids is 1. The van der Waals surface area contributed by atoms with Crippen LogP contribution in [-0.2, 0) is 6.54 Å². The minimum Gasteiger partial charge on any atom is -0.491 e. The van der Waals surface area contributed by atoms with E-state index in [1.165, 1.54) is 0 Å². The Bertz CT molecular complexity index is 646. The lowest BCUT2D eigenvalue weighted by Gasteiger charge is -2.25. The van der Waals surface area contributed by atoms with Gasteiger partial charge in [0, 0.05) is 18.7 Å². The van der Waals surface area contributed by atoms with Crippen LogP contribution in [0.25, 0.3) is 0 Å². The normalized spacial score (nSPS) is 16.5. The molecular formula is C19H23ClN2O2. The predicted octanol–water partition coefficient (Wildman–Crippen LogP) is 3.25. The molecule has 1 atom stereocenters. The summed E-state index contributed by atoms with van der Waals surface area (Å²) in [6, 6.07) is 17.4. The molecule has 3 rings (SSSR count). The Balaban J connectivity index is 0.00000208. The minimum atomic E-state index is 0. The van der Waals surface area contributed by atoms with E-state index in [1.54, 1.807) is 0 Å². The van der Waals surface area contributed by atoms with E-state index >= 15 is 0 Å². The Hall–Kier alpha value is -2.04. The van der Waals surface area contributed by atoms with Gasteiger partial charge < -0.3 is 15.4 Å². The number of hydrogen-bond donors (Lipinski definition) is 1. The molecule has 0 radical (unpaired) electrons. The zero-order valence-electron chi connectivity index (χ0n) is 13.6. The van der Waals surface area contributed by atoms with Crippen LogP contribution in [0.3, 0.4) is 0 Å². The molecule has 2 N–H and O–H groups in total. The summed E-state index contributed by atoms with van der Waals surface area (Å²) >= 11 is 0. The summed E-state index contributed by atoms with van der Waals surface area (Å²) in [5, 5.41) is 0. The van der Waals surface area contributed by atoms with E-state index in [1.807, 2.05) is 59.5 Å². The Morgan fingerprint density at radius 1 is 1.12 bits per heavy atom. The molecular weight excluding hydrogens is 324 g/mol. The Kier molecular flexibility index (Phi) is 6.64. The van der Waals surface area contributed by atoms with Crippen molar-refractivity contribution in [1.29, 1.82) is 0 Å². The average Bonchev–Trinajstić information content (AvgIpc) is 3.09. The van der Waals surface area contributed by atoms with E-state index < -0.39 is 0 Å². The number of nitrogens with two attached hydrogens (primary N) is 1. The standard InChI is InChI=1S/C19H22N2O2.ClH/c20-13-15-8-10-16(11-9-15)19(22)21-12-4-5-17(21)14-23-18-6-2-1-3-7-18;/h1-3,6-11,17H,4-5,12-14,20H2;1H. The van der Waals surface area contributed by atoms with Gasteiger partial charge in [0.2, 0.25) is 0 Å². The second-order valence-corrected chi connectivity index (χ2v) is 5.82. The zero-order valence-corrected chi connectivity index (χ0v) is 14.4. The van der Waals surface area contributed by atoms with Crippen molar-refractivity contribution in [2.75, 3.05) is 13.2 Å². The zero-order chi connectivity index (χ0) is 16.1. The van der Waals surface area contributed by atoms with Crippen LogP contribution < -0.4 is 10.5 Å². The molecule has 0 saturated carbocycles. The van der Waals surface area contributed by atoms with Crippen LogP contribution in [-0.4, -0.2) is 30.0 Å². The molecule has 4 nitrogen and oxygen atoms in total. The fourth-order valence-electron chi connectivity index (χ4n) is 2.93. The largest absolute Gasteiger partial charge is 0.491 e. The first-order chi connectivity index (χ1) is 11.3. The molecule has 1 amide bonds. The van der Waals surface area contributed by atoms with Crippen molar-refractivity contribution in [3.8, 4) is 5.75 Å². The topological polar surface area (TPSA) is 55.6 Å². The van der Waals surface area contributed by atoms with E-state index in [0.717, 1.165) is 30.7 Å². The highest BCUT2D eigenvalue weighted by Gasteiger charge is 2.29. The summed E-state index contributed by atoms with van der Waals surface area (Å²) in [5.41, 5.74) is 7.35. The van der Waals surface area contributed by atoms with Crippen molar-refractivity contribution >= 4 is 18.3 Å². The molecule has 2 aromatic rings. The van der Waals surface area contributed by atoms with Gasteiger partial charge in [0.05, 0.1) is 6.04 Å². The first-order valence-corrected chi connectivity index (χ1v) is 8.06. The maximum Gasteiger partial charge on any atom is 0.254 e. The van der Waals surface area contributed by atoms with Gasteiger partial charge in [-0.05, 0) is 42.7 Å². The third-order valence-corrected chi connectivity index (χ3v) is 4.26. The van der Waals surface area contributed by atoms with Gasteiger partial charge in [-0.25, -0.2) is 0 Å². The molecule has 1 unspecified atom stereocenters. The van der Waals surface area contributed by atoms with Gasteiger partial charge in [-0.1, -0.05) is 30.3 Å². The quantitative estimate of drug-likeness (QED) is 0.904. The molecule has 1 aliphatic rings. The van der Waals surface area contributed by atoms with E-state index in [2.05, 4.69) is 0 Å². The van der Waals surface area contributed by atoms with Crippen LogP contribution in [0.4, 0.5) is 0 Å². The summed E-state index contributed by atoms with van der Waals surface area (Å²) in [4.78, 5) is 14.6.